The largest absolute Gasteiger partial charge is 0.333 e. The van der Waals surface area contributed by atoms with Crippen LogP contribution in [0, 0.1) is 0 Å². The van der Waals surface area contributed by atoms with Crippen LogP contribution in [-0.4, -0.2) is 21.0 Å². The minimum absolute atomic E-state index is 0.138. The predicted molar refractivity (Wildman–Crippen MR) is 216 cm³/mol. The summed E-state index contributed by atoms with van der Waals surface area (Å²) in [6, 6.07) is 56.4. The molecule has 2 atom stereocenters. The van der Waals surface area contributed by atoms with Crippen LogP contribution in [0.2, 0.25) is 0 Å². The number of benzene rings is 7. The van der Waals surface area contributed by atoms with Gasteiger partial charge in [-0.3, -0.25) is 0 Å². The molecular formula is C47H30N4S. The molecule has 0 spiro atoms. The summed E-state index contributed by atoms with van der Waals surface area (Å²) < 4.78 is 2.50. The number of hydrogen-bond acceptors (Lipinski definition) is 5. The van der Waals surface area contributed by atoms with Gasteiger partial charge in [-0.15, -0.1) is 11.3 Å². The van der Waals surface area contributed by atoms with Gasteiger partial charge in [-0.2, -0.15) is 0 Å². The first-order chi connectivity index (χ1) is 25.7. The maximum atomic E-state index is 5.17. The highest BCUT2D eigenvalue weighted by molar-refractivity contribution is 7.25. The van der Waals surface area contributed by atoms with Crippen LogP contribution in [0.1, 0.15) is 11.5 Å². The zero-order valence-corrected chi connectivity index (χ0v) is 28.8. The van der Waals surface area contributed by atoms with Crippen molar-refractivity contribution in [3.05, 3.63) is 174 Å². The number of fused-ring (bicyclic) bond motifs is 8. The van der Waals surface area contributed by atoms with E-state index in [1.165, 1.54) is 52.6 Å². The van der Waals surface area contributed by atoms with Crippen LogP contribution in [0.5, 0.6) is 0 Å². The minimum atomic E-state index is 0.138. The van der Waals surface area contributed by atoms with E-state index in [9.17, 15) is 0 Å². The van der Waals surface area contributed by atoms with Gasteiger partial charge in [-0.1, -0.05) is 133 Å². The number of hydrogen-bond donors (Lipinski definition) is 0. The van der Waals surface area contributed by atoms with Crippen molar-refractivity contribution >= 4 is 65.8 Å². The number of rotatable bonds is 4. The van der Waals surface area contributed by atoms with Gasteiger partial charge in [-0.05, 0) is 63.2 Å². The molecule has 1 aliphatic carbocycles. The second-order valence-corrected chi connectivity index (χ2v) is 14.7. The van der Waals surface area contributed by atoms with Crippen LogP contribution >= 0.6 is 11.3 Å². The number of nitrogens with zero attached hydrogens (tertiary/aromatic N) is 4. The van der Waals surface area contributed by atoms with Crippen LogP contribution in [-0.2, 0) is 0 Å². The molecule has 2 aliphatic rings. The summed E-state index contributed by atoms with van der Waals surface area (Å²) in [5.74, 6) is 2.21. The Morgan fingerprint density at radius 1 is 0.462 bits per heavy atom. The molecule has 52 heavy (non-hydrogen) atoms. The van der Waals surface area contributed by atoms with Gasteiger partial charge in [-0.25, -0.2) is 15.0 Å². The standard InChI is InChI=1S/C47H30N4S/c1-2-11-29(12-3-1)45-48-46(50-47(49-45)35-21-22-38-37-19-8-9-20-43(37)52-44(38)28-35)34-17-10-18-36(23-34)51-41-26-32-15-6-4-13-30(32)24-39(41)40-25-31-14-5-7-16-33(31)27-42(40)51/h1-28,39,41H. The topological polar surface area (TPSA) is 41.9 Å². The van der Waals surface area contributed by atoms with Gasteiger partial charge in [0.25, 0.3) is 0 Å². The van der Waals surface area contributed by atoms with Gasteiger partial charge < -0.3 is 4.90 Å². The quantitative estimate of drug-likeness (QED) is 0.185. The maximum absolute atomic E-state index is 5.17. The molecule has 4 nitrogen and oxygen atoms in total. The van der Waals surface area contributed by atoms with Crippen LogP contribution in [0.3, 0.4) is 0 Å². The summed E-state index contributed by atoms with van der Waals surface area (Å²) in [6.45, 7) is 0. The molecule has 0 N–H and O–H groups in total. The van der Waals surface area contributed by atoms with E-state index in [1.54, 1.807) is 11.3 Å². The normalized spacial score (nSPS) is 16.0. The molecule has 0 saturated carbocycles. The summed E-state index contributed by atoms with van der Waals surface area (Å²) in [5, 5.41) is 7.60. The van der Waals surface area contributed by atoms with E-state index in [1.807, 2.05) is 18.2 Å². The molecule has 9 aromatic rings. The molecule has 2 unspecified atom stereocenters. The van der Waals surface area contributed by atoms with Gasteiger partial charge in [0, 0.05) is 54.2 Å². The lowest BCUT2D eigenvalue weighted by molar-refractivity contribution is 0.802. The van der Waals surface area contributed by atoms with Crippen LogP contribution in [0.25, 0.3) is 77.3 Å². The molecule has 11 rings (SSSR count). The Bertz CT molecular complexity index is 3000. The highest BCUT2D eigenvalue weighted by atomic mass is 32.1. The summed E-state index contributed by atoms with van der Waals surface area (Å²) in [4.78, 5) is 17.9. The Labute approximate surface area is 304 Å². The van der Waals surface area contributed by atoms with Gasteiger partial charge in [0.15, 0.2) is 17.5 Å². The van der Waals surface area contributed by atoms with Crippen molar-refractivity contribution in [2.45, 2.75) is 12.0 Å². The van der Waals surface area contributed by atoms with Crippen LogP contribution < -0.4 is 15.3 Å². The summed E-state index contributed by atoms with van der Waals surface area (Å²) in [5.41, 5.74) is 6.59. The smallest absolute Gasteiger partial charge is 0.164 e. The molecule has 5 heteroatoms. The summed E-state index contributed by atoms with van der Waals surface area (Å²) in [6.07, 6.45) is 4.89. The highest BCUT2D eigenvalue weighted by Gasteiger charge is 2.38. The Balaban J connectivity index is 1.08. The van der Waals surface area contributed by atoms with Crippen molar-refractivity contribution < 1.29 is 0 Å². The number of aromatic nitrogens is 3. The Morgan fingerprint density at radius 3 is 1.92 bits per heavy atom. The fourth-order valence-corrected chi connectivity index (χ4v) is 9.25. The molecule has 0 fully saturated rings. The second kappa shape index (κ2) is 11.6. The van der Waals surface area contributed by atoms with Crippen molar-refractivity contribution in [1.29, 1.82) is 0 Å². The van der Waals surface area contributed by atoms with E-state index >= 15 is 0 Å². The van der Waals surface area contributed by atoms with E-state index < -0.39 is 0 Å². The van der Waals surface area contributed by atoms with E-state index in [-0.39, 0.29) is 12.0 Å². The Hall–Kier alpha value is -6.43. The zero-order valence-electron chi connectivity index (χ0n) is 28.0. The van der Waals surface area contributed by atoms with Gasteiger partial charge in [0.1, 0.15) is 0 Å². The first kappa shape index (κ1) is 29.3. The van der Waals surface area contributed by atoms with Crippen molar-refractivity contribution in [2.24, 2.45) is 0 Å². The van der Waals surface area contributed by atoms with E-state index in [4.69, 9.17) is 15.0 Å². The van der Waals surface area contributed by atoms with Crippen molar-refractivity contribution in [3.8, 4) is 34.2 Å². The lowest BCUT2D eigenvalue weighted by atomic mass is 9.88. The third-order valence-electron chi connectivity index (χ3n) is 10.6. The zero-order chi connectivity index (χ0) is 34.2. The van der Waals surface area contributed by atoms with E-state index in [0.717, 1.165) is 22.4 Å². The Morgan fingerprint density at radius 2 is 1.10 bits per heavy atom. The third-order valence-corrected chi connectivity index (χ3v) is 11.7. The average Bonchev–Trinajstić information content (AvgIpc) is 3.73. The number of anilines is 2. The molecule has 0 bridgehead atoms. The van der Waals surface area contributed by atoms with E-state index in [0.29, 0.717) is 17.5 Å². The Kier molecular flexibility index (Phi) is 6.51. The van der Waals surface area contributed by atoms with Gasteiger partial charge >= 0.3 is 0 Å². The van der Waals surface area contributed by atoms with Gasteiger partial charge in [0.05, 0.1) is 6.04 Å². The second-order valence-electron chi connectivity index (χ2n) is 13.6. The molecule has 1 aliphatic heterocycles. The molecule has 2 aromatic heterocycles. The SMILES string of the molecule is C1=c2ccccc2=CC2C1c1cc3ccccc3cc1N2c1cccc(-c2nc(-c3ccccc3)nc(-c3ccc4c(c3)sc3ccccc34)n2)c1. The lowest BCUT2D eigenvalue weighted by Crippen LogP contribution is -2.38. The molecule has 7 aromatic carbocycles. The first-order valence-corrected chi connectivity index (χ1v) is 18.5. The number of thiophene rings is 1. The molecule has 0 radical (unpaired) electrons. The lowest BCUT2D eigenvalue weighted by Gasteiger charge is -2.29. The summed E-state index contributed by atoms with van der Waals surface area (Å²) in [7, 11) is 0. The van der Waals surface area contributed by atoms with Crippen LogP contribution in [0.4, 0.5) is 11.4 Å². The van der Waals surface area contributed by atoms with E-state index in [2.05, 4.69) is 157 Å². The van der Waals surface area contributed by atoms with Crippen LogP contribution in [0.15, 0.2) is 158 Å². The van der Waals surface area contributed by atoms with Gasteiger partial charge in [0.2, 0.25) is 0 Å². The first-order valence-electron chi connectivity index (χ1n) is 17.7. The fraction of sp³-hybridized carbons (Fsp3) is 0.0426. The van der Waals surface area contributed by atoms with Crippen molar-refractivity contribution in [2.75, 3.05) is 4.90 Å². The molecule has 3 heterocycles. The molecule has 0 amide bonds. The monoisotopic (exact) mass is 682 g/mol. The molecule has 244 valence electrons. The van der Waals surface area contributed by atoms with Crippen molar-refractivity contribution in [3.63, 3.8) is 0 Å². The molecular weight excluding hydrogens is 653 g/mol. The molecule has 0 saturated heterocycles. The minimum Gasteiger partial charge on any atom is -0.333 e. The predicted octanol–water partition coefficient (Wildman–Crippen LogP) is 10.3. The van der Waals surface area contributed by atoms with Crippen molar-refractivity contribution in [1.82, 2.24) is 15.0 Å². The third kappa shape index (κ3) is 4.70. The highest BCUT2D eigenvalue weighted by Crippen LogP contribution is 2.49. The maximum Gasteiger partial charge on any atom is 0.164 e. The average molecular weight is 683 g/mol. The summed E-state index contributed by atoms with van der Waals surface area (Å²) >= 11 is 1.81. The fourth-order valence-electron chi connectivity index (χ4n) is 8.11.